The van der Waals surface area contributed by atoms with Crippen molar-refractivity contribution >= 4 is 11.6 Å². The molecule has 0 spiro atoms. The van der Waals surface area contributed by atoms with Gasteiger partial charge in [0.1, 0.15) is 11.9 Å². The summed E-state index contributed by atoms with van der Waals surface area (Å²) in [6, 6.07) is 9.74. The van der Waals surface area contributed by atoms with Crippen LogP contribution < -0.4 is 4.74 Å². The van der Waals surface area contributed by atoms with Crippen LogP contribution in [-0.2, 0) is 0 Å². The Morgan fingerprint density at radius 2 is 1.76 bits per heavy atom. The van der Waals surface area contributed by atoms with Crippen molar-refractivity contribution in [2.75, 3.05) is 0 Å². The number of aliphatic hydroxyl groups excluding tert-OH is 1. The molecule has 0 aromatic heterocycles. The molecular formula is C18H19ClO2. The van der Waals surface area contributed by atoms with E-state index in [9.17, 15) is 5.11 Å². The number of rotatable bonds is 1. The predicted octanol–water partition coefficient (Wildman–Crippen LogP) is 4.82. The van der Waals surface area contributed by atoms with E-state index in [0.717, 1.165) is 11.3 Å². The molecule has 0 saturated heterocycles. The van der Waals surface area contributed by atoms with Gasteiger partial charge in [-0.3, -0.25) is 0 Å². The van der Waals surface area contributed by atoms with E-state index in [1.165, 1.54) is 22.3 Å². The van der Waals surface area contributed by atoms with E-state index in [1.54, 1.807) is 12.1 Å². The molecule has 1 unspecified atom stereocenters. The predicted molar refractivity (Wildman–Crippen MR) is 85.1 cm³/mol. The van der Waals surface area contributed by atoms with E-state index < -0.39 is 6.10 Å². The minimum atomic E-state index is -0.544. The molecule has 3 heteroatoms. The summed E-state index contributed by atoms with van der Waals surface area (Å²) in [5, 5.41) is 11.0. The molecule has 0 amide bonds. The molecule has 1 heterocycles. The van der Waals surface area contributed by atoms with Crippen molar-refractivity contribution in [3.05, 3.63) is 63.2 Å². The molecule has 3 rings (SSSR count). The lowest BCUT2D eigenvalue weighted by Crippen LogP contribution is -2.20. The summed E-state index contributed by atoms with van der Waals surface area (Å²) in [5.74, 6) is 0.725. The standard InChI is InChI=1S/C18H19ClO2/c1-10-6-11(2)18(12(3)7-10)17-9-15(20)14-8-13(19)4-5-16(14)21-17/h4-8,15,17,20H,9H2,1-3H3/t15-,17?/m1/s1. The van der Waals surface area contributed by atoms with Crippen LogP contribution in [0.3, 0.4) is 0 Å². The zero-order valence-electron chi connectivity index (χ0n) is 12.5. The summed E-state index contributed by atoms with van der Waals surface area (Å²) in [5.41, 5.74) is 5.63. The van der Waals surface area contributed by atoms with Crippen LogP contribution in [-0.4, -0.2) is 5.11 Å². The highest BCUT2D eigenvalue weighted by Gasteiger charge is 2.30. The summed E-state index contributed by atoms with van der Waals surface area (Å²) in [6.45, 7) is 6.29. The van der Waals surface area contributed by atoms with Crippen molar-refractivity contribution in [1.82, 2.24) is 0 Å². The molecule has 0 saturated carbocycles. The molecular weight excluding hydrogens is 284 g/mol. The number of ether oxygens (including phenoxy) is 1. The molecule has 110 valence electrons. The maximum atomic E-state index is 10.4. The molecule has 1 aliphatic heterocycles. The lowest BCUT2D eigenvalue weighted by Gasteiger charge is -2.32. The van der Waals surface area contributed by atoms with E-state index in [0.29, 0.717) is 11.4 Å². The maximum absolute atomic E-state index is 10.4. The second-order valence-electron chi connectivity index (χ2n) is 5.85. The summed E-state index contributed by atoms with van der Waals surface area (Å²) in [6.07, 6.45) is -0.107. The van der Waals surface area contributed by atoms with Crippen molar-refractivity contribution in [3.8, 4) is 5.75 Å². The SMILES string of the molecule is Cc1cc(C)c(C2C[C@@H](O)c3cc(Cl)ccc3O2)c(C)c1. The Morgan fingerprint density at radius 1 is 1.10 bits per heavy atom. The van der Waals surface area contributed by atoms with Gasteiger partial charge in [-0.25, -0.2) is 0 Å². The normalized spacial score (nSPS) is 20.8. The zero-order valence-corrected chi connectivity index (χ0v) is 13.2. The molecule has 2 atom stereocenters. The molecule has 0 bridgehead atoms. The third kappa shape index (κ3) is 2.66. The Labute approximate surface area is 130 Å². The van der Waals surface area contributed by atoms with Crippen molar-refractivity contribution in [2.45, 2.75) is 39.4 Å². The topological polar surface area (TPSA) is 29.5 Å². The lowest BCUT2D eigenvalue weighted by molar-refractivity contribution is 0.0652. The third-order valence-corrected chi connectivity index (χ3v) is 4.33. The van der Waals surface area contributed by atoms with Crippen LogP contribution in [0.5, 0.6) is 5.75 Å². The molecule has 2 aromatic rings. The molecule has 21 heavy (non-hydrogen) atoms. The first-order chi connectivity index (χ1) is 9.95. The van der Waals surface area contributed by atoms with Gasteiger partial charge >= 0.3 is 0 Å². The lowest BCUT2D eigenvalue weighted by atomic mass is 9.89. The van der Waals surface area contributed by atoms with Crippen molar-refractivity contribution < 1.29 is 9.84 Å². The minimum absolute atomic E-state index is 0.116. The fourth-order valence-electron chi connectivity index (χ4n) is 3.29. The number of halogens is 1. The Hall–Kier alpha value is -1.51. The second-order valence-corrected chi connectivity index (χ2v) is 6.29. The van der Waals surface area contributed by atoms with Gasteiger partial charge in [0.05, 0.1) is 6.10 Å². The summed E-state index contributed by atoms with van der Waals surface area (Å²) >= 11 is 6.00. The zero-order chi connectivity index (χ0) is 15.1. The van der Waals surface area contributed by atoms with Crippen LogP contribution in [0.4, 0.5) is 0 Å². The fraction of sp³-hybridized carbons (Fsp3) is 0.333. The Morgan fingerprint density at radius 3 is 2.43 bits per heavy atom. The quantitative estimate of drug-likeness (QED) is 0.818. The van der Waals surface area contributed by atoms with Gasteiger partial charge in [-0.1, -0.05) is 29.3 Å². The molecule has 0 fully saturated rings. The van der Waals surface area contributed by atoms with Gasteiger partial charge in [0, 0.05) is 17.0 Å². The summed E-state index contributed by atoms with van der Waals surface area (Å²) in [7, 11) is 0. The maximum Gasteiger partial charge on any atom is 0.127 e. The fourth-order valence-corrected chi connectivity index (χ4v) is 3.47. The number of aliphatic hydroxyl groups is 1. The highest BCUT2D eigenvalue weighted by Crippen LogP contribution is 2.43. The van der Waals surface area contributed by atoms with Gasteiger partial charge in [0.2, 0.25) is 0 Å². The Kier molecular flexibility index (Phi) is 3.68. The van der Waals surface area contributed by atoms with Crippen LogP contribution in [0.25, 0.3) is 0 Å². The van der Waals surface area contributed by atoms with E-state index in [-0.39, 0.29) is 6.10 Å². The largest absolute Gasteiger partial charge is 0.485 e. The molecule has 1 N–H and O–H groups in total. The number of hydrogen-bond donors (Lipinski definition) is 1. The molecule has 2 nitrogen and oxygen atoms in total. The molecule has 1 aliphatic rings. The van der Waals surface area contributed by atoms with Crippen molar-refractivity contribution in [2.24, 2.45) is 0 Å². The monoisotopic (exact) mass is 302 g/mol. The van der Waals surface area contributed by atoms with Crippen molar-refractivity contribution in [3.63, 3.8) is 0 Å². The summed E-state index contributed by atoms with van der Waals surface area (Å²) in [4.78, 5) is 0. The number of hydrogen-bond acceptors (Lipinski definition) is 2. The van der Waals surface area contributed by atoms with Crippen LogP contribution in [0.15, 0.2) is 30.3 Å². The van der Waals surface area contributed by atoms with Gasteiger partial charge in [-0.15, -0.1) is 0 Å². The molecule has 2 aromatic carbocycles. The third-order valence-electron chi connectivity index (χ3n) is 4.10. The van der Waals surface area contributed by atoms with Gasteiger partial charge < -0.3 is 9.84 Å². The first-order valence-electron chi connectivity index (χ1n) is 7.17. The average molecular weight is 303 g/mol. The van der Waals surface area contributed by atoms with E-state index in [4.69, 9.17) is 16.3 Å². The van der Waals surface area contributed by atoms with Gasteiger partial charge in [0.15, 0.2) is 0 Å². The van der Waals surface area contributed by atoms with E-state index >= 15 is 0 Å². The van der Waals surface area contributed by atoms with Crippen LogP contribution in [0, 0.1) is 20.8 Å². The number of benzene rings is 2. The second kappa shape index (κ2) is 5.36. The first-order valence-corrected chi connectivity index (χ1v) is 7.55. The highest BCUT2D eigenvalue weighted by atomic mass is 35.5. The minimum Gasteiger partial charge on any atom is -0.485 e. The van der Waals surface area contributed by atoms with Gasteiger partial charge in [0.25, 0.3) is 0 Å². The van der Waals surface area contributed by atoms with Gasteiger partial charge in [-0.05, 0) is 55.7 Å². The average Bonchev–Trinajstić information content (AvgIpc) is 2.38. The number of fused-ring (bicyclic) bond motifs is 1. The highest BCUT2D eigenvalue weighted by molar-refractivity contribution is 6.30. The van der Waals surface area contributed by atoms with Crippen molar-refractivity contribution in [1.29, 1.82) is 0 Å². The van der Waals surface area contributed by atoms with E-state index in [2.05, 4.69) is 32.9 Å². The van der Waals surface area contributed by atoms with Gasteiger partial charge in [-0.2, -0.15) is 0 Å². The summed E-state index contributed by atoms with van der Waals surface area (Å²) < 4.78 is 6.13. The first kappa shape index (κ1) is 14.4. The van der Waals surface area contributed by atoms with Crippen LogP contribution in [0.1, 0.15) is 46.4 Å². The van der Waals surface area contributed by atoms with E-state index in [1.807, 2.05) is 6.07 Å². The molecule has 0 radical (unpaired) electrons. The van der Waals surface area contributed by atoms with Crippen LogP contribution >= 0.6 is 11.6 Å². The molecule has 0 aliphatic carbocycles. The smallest absolute Gasteiger partial charge is 0.127 e. The number of aryl methyl sites for hydroxylation is 3. The van der Waals surface area contributed by atoms with Crippen LogP contribution in [0.2, 0.25) is 5.02 Å². The Balaban J connectivity index is 2.02. The Bertz CT molecular complexity index is 671.